The molecule has 0 unspecified atom stereocenters. The lowest BCUT2D eigenvalue weighted by Crippen LogP contribution is -2.16. The Morgan fingerprint density at radius 3 is 2.60 bits per heavy atom. The molecule has 0 aliphatic rings. The number of aryl methyl sites for hydroxylation is 1. The third-order valence-corrected chi connectivity index (χ3v) is 3.39. The van der Waals surface area contributed by atoms with Gasteiger partial charge in [-0.25, -0.2) is 4.98 Å². The van der Waals surface area contributed by atoms with Crippen LogP contribution in [0.2, 0.25) is 0 Å². The average Bonchev–Trinajstić information content (AvgIpc) is 2.90. The second-order valence-electron chi connectivity index (χ2n) is 4.97. The van der Waals surface area contributed by atoms with Crippen LogP contribution in [0.15, 0.2) is 54.6 Å². The summed E-state index contributed by atoms with van der Waals surface area (Å²) in [4.78, 5) is 7.88. The van der Waals surface area contributed by atoms with E-state index in [1.807, 2.05) is 18.2 Å². The number of nitrogens with one attached hydrogen (secondary N) is 2. The number of rotatable bonds is 6. The number of fused-ring (bicyclic) bond motifs is 1. The number of aromatic nitrogens is 2. The minimum atomic E-state index is 0.795. The third kappa shape index (κ3) is 3.25. The monoisotopic (exact) mass is 265 g/mol. The maximum Gasteiger partial charge on any atom is 0.121 e. The topological polar surface area (TPSA) is 40.7 Å². The average molecular weight is 265 g/mol. The van der Waals surface area contributed by atoms with Crippen LogP contribution in [-0.4, -0.2) is 16.5 Å². The first-order valence-corrected chi connectivity index (χ1v) is 7.10. The van der Waals surface area contributed by atoms with Crippen molar-refractivity contribution in [2.45, 2.75) is 19.4 Å². The molecule has 0 spiro atoms. The van der Waals surface area contributed by atoms with Gasteiger partial charge in [0.25, 0.3) is 0 Å². The zero-order valence-electron chi connectivity index (χ0n) is 11.5. The minimum absolute atomic E-state index is 0.795. The van der Waals surface area contributed by atoms with Crippen LogP contribution in [-0.2, 0) is 13.0 Å². The fraction of sp³-hybridized carbons (Fsp3) is 0.235. The molecule has 0 aliphatic heterocycles. The van der Waals surface area contributed by atoms with Crippen LogP contribution >= 0.6 is 0 Å². The van der Waals surface area contributed by atoms with Crippen molar-refractivity contribution in [1.82, 2.24) is 15.3 Å². The number of para-hydroxylation sites is 2. The lowest BCUT2D eigenvalue weighted by atomic mass is 10.1. The Kier molecular flexibility index (Phi) is 4.09. The molecule has 3 heteroatoms. The number of aromatic amines is 1. The van der Waals surface area contributed by atoms with Gasteiger partial charge in [-0.15, -0.1) is 0 Å². The third-order valence-electron chi connectivity index (χ3n) is 3.39. The lowest BCUT2D eigenvalue weighted by molar-refractivity contribution is 0.634. The van der Waals surface area contributed by atoms with Gasteiger partial charge in [-0.1, -0.05) is 42.5 Å². The van der Waals surface area contributed by atoms with E-state index in [1.54, 1.807) is 0 Å². The maximum absolute atomic E-state index is 4.55. The van der Waals surface area contributed by atoms with E-state index < -0.39 is 0 Å². The van der Waals surface area contributed by atoms with Gasteiger partial charge >= 0.3 is 0 Å². The molecule has 0 amide bonds. The van der Waals surface area contributed by atoms with Crippen molar-refractivity contribution in [3.8, 4) is 0 Å². The molecular weight excluding hydrogens is 246 g/mol. The number of H-pyrrole nitrogens is 1. The molecule has 0 saturated carbocycles. The summed E-state index contributed by atoms with van der Waals surface area (Å²) in [6, 6.07) is 18.7. The van der Waals surface area contributed by atoms with E-state index >= 15 is 0 Å². The molecule has 3 nitrogen and oxygen atoms in total. The van der Waals surface area contributed by atoms with Gasteiger partial charge in [0, 0.05) is 0 Å². The van der Waals surface area contributed by atoms with Crippen LogP contribution in [0.4, 0.5) is 0 Å². The van der Waals surface area contributed by atoms with Gasteiger partial charge < -0.3 is 10.3 Å². The quantitative estimate of drug-likeness (QED) is 0.671. The van der Waals surface area contributed by atoms with Crippen LogP contribution in [0.1, 0.15) is 17.8 Å². The molecule has 102 valence electrons. The fourth-order valence-electron chi connectivity index (χ4n) is 2.36. The normalized spacial score (nSPS) is 11.0. The molecule has 3 rings (SSSR count). The van der Waals surface area contributed by atoms with E-state index in [2.05, 4.69) is 51.7 Å². The van der Waals surface area contributed by atoms with Gasteiger partial charge in [0.2, 0.25) is 0 Å². The summed E-state index contributed by atoms with van der Waals surface area (Å²) in [5.41, 5.74) is 3.54. The zero-order chi connectivity index (χ0) is 13.6. The Labute approximate surface area is 119 Å². The van der Waals surface area contributed by atoms with Gasteiger partial charge in [-0.2, -0.15) is 0 Å². The van der Waals surface area contributed by atoms with E-state index in [0.717, 1.165) is 42.8 Å². The molecule has 0 saturated heterocycles. The number of imidazole rings is 1. The molecule has 20 heavy (non-hydrogen) atoms. The van der Waals surface area contributed by atoms with Crippen molar-refractivity contribution < 1.29 is 0 Å². The van der Waals surface area contributed by atoms with Crippen LogP contribution in [0, 0.1) is 0 Å². The molecule has 3 aromatic rings. The highest BCUT2D eigenvalue weighted by Crippen LogP contribution is 2.09. The van der Waals surface area contributed by atoms with Gasteiger partial charge in [0.1, 0.15) is 5.82 Å². The Morgan fingerprint density at radius 2 is 1.75 bits per heavy atom. The zero-order valence-corrected chi connectivity index (χ0v) is 11.5. The summed E-state index contributed by atoms with van der Waals surface area (Å²) < 4.78 is 0. The number of nitrogens with zero attached hydrogens (tertiary/aromatic N) is 1. The largest absolute Gasteiger partial charge is 0.341 e. The first-order chi connectivity index (χ1) is 9.92. The molecule has 0 radical (unpaired) electrons. The number of hydrogen-bond donors (Lipinski definition) is 2. The van der Waals surface area contributed by atoms with Gasteiger partial charge in [-0.05, 0) is 37.1 Å². The minimum Gasteiger partial charge on any atom is -0.341 e. The van der Waals surface area contributed by atoms with E-state index in [1.165, 1.54) is 5.56 Å². The van der Waals surface area contributed by atoms with E-state index in [9.17, 15) is 0 Å². The molecule has 2 aromatic carbocycles. The number of hydrogen-bond acceptors (Lipinski definition) is 2. The molecule has 0 bridgehead atoms. The van der Waals surface area contributed by atoms with Crippen molar-refractivity contribution in [3.63, 3.8) is 0 Å². The SMILES string of the molecule is c1ccc(CCCNCc2nc3ccccc3[nH]2)cc1. The smallest absolute Gasteiger partial charge is 0.121 e. The summed E-state index contributed by atoms with van der Waals surface area (Å²) in [5, 5.41) is 3.44. The predicted molar refractivity (Wildman–Crippen MR) is 82.6 cm³/mol. The molecule has 1 aromatic heterocycles. The van der Waals surface area contributed by atoms with Crippen LogP contribution in [0.25, 0.3) is 11.0 Å². The Hall–Kier alpha value is -2.13. The molecule has 1 heterocycles. The van der Waals surface area contributed by atoms with Gasteiger partial charge in [0.15, 0.2) is 0 Å². The summed E-state index contributed by atoms with van der Waals surface area (Å²) in [7, 11) is 0. The lowest BCUT2D eigenvalue weighted by Gasteiger charge is -2.03. The van der Waals surface area contributed by atoms with Crippen molar-refractivity contribution in [3.05, 3.63) is 66.0 Å². The summed E-state index contributed by atoms with van der Waals surface area (Å²) in [5.74, 6) is 1.01. The standard InChI is InChI=1S/C17H19N3/c1-2-7-14(8-3-1)9-6-12-18-13-17-19-15-10-4-5-11-16(15)20-17/h1-5,7-8,10-11,18H,6,9,12-13H2,(H,19,20). The molecule has 0 fully saturated rings. The number of benzene rings is 2. The fourth-order valence-corrected chi connectivity index (χ4v) is 2.36. The first kappa shape index (κ1) is 12.9. The van der Waals surface area contributed by atoms with Crippen LogP contribution in [0.3, 0.4) is 0 Å². The molecule has 0 atom stereocenters. The second-order valence-corrected chi connectivity index (χ2v) is 4.97. The first-order valence-electron chi connectivity index (χ1n) is 7.10. The van der Waals surface area contributed by atoms with E-state index in [-0.39, 0.29) is 0 Å². The maximum atomic E-state index is 4.55. The highest BCUT2D eigenvalue weighted by Gasteiger charge is 2.00. The van der Waals surface area contributed by atoms with Crippen molar-refractivity contribution in [2.75, 3.05) is 6.54 Å². The Balaban J connectivity index is 1.43. The summed E-state index contributed by atoms with van der Waals surface area (Å²) >= 11 is 0. The van der Waals surface area contributed by atoms with Crippen LogP contribution in [0.5, 0.6) is 0 Å². The highest BCUT2D eigenvalue weighted by molar-refractivity contribution is 5.74. The molecular formula is C17H19N3. The van der Waals surface area contributed by atoms with Gasteiger partial charge in [0.05, 0.1) is 17.6 Å². The van der Waals surface area contributed by atoms with Crippen molar-refractivity contribution >= 4 is 11.0 Å². The summed E-state index contributed by atoms with van der Waals surface area (Å²) in [6.45, 7) is 1.80. The summed E-state index contributed by atoms with van der Waals surface area (Å²) in [6.07, 6.45) is 2.26. The molecule has 2 N–H and O–H groups in total. The van der Waals surface area contributed by atoms with E-state index in [0.29, 0.717) is 0 Å². The Morgan fingerprint density at radius 1 is 0.950 bits per heavy atom. The van der Waals surface area contributed by atoms with Crippen molar-refractivity contribution in [2.24, 2.45) is 0 Å². The molecule has 0 aliphatic carbocycles. The Bertz CT molecular complexity index is 625. The predicted octanol–water partition coefficient (Wildman–Crippen LogP) is 3.29. The van der Waals surface area contributed by atoms with Crippen molar-refractivity contribution in [1.29, 1.82) is 0 Å². The second kappa shape index (κ2) is 6.35. The highest BCUT2D eigenvalue weighted by atomic mass is 15.0. The van der Waals surface area contributed by atoms with Gasteiger partial charge in [-0.3, -0.25) is 0 Å². The van der Waals surface area contributed by atoms with E-state index in [4.69, 9.17) is 0 Å². The van der Waals surface area contributed by atoms with Crippen LogP contribution < -0.4 is 5.32 Å².